The van der Waals surface area contributed by atoms with Gasteiger partial charge >= 0.3 is 0 Å². The first kappa shape index (κ1) is 25.2. The number of aliphatic imine (C=N–C) groups is 1. The van der Waals surface area contributed by atoms with Crippen LogP contribution in [0.3, 0.4) is 0 Å². The van der Waals surface area contributed by atoms with E-state index in [1.165, 1.54) is 6.26 Å². The predicted octanol–water partition coefficient (Wildman–Crippen LogP) is 3.31. The fraction of sp³-hybridized carbons (Fsp3) is 0.350. The van der Waals surface area contributed by atoms with E-state index in [-0.39, 0.29) is 24.0 Å². The largest absolute Gasteiger partial charge is 0.493 e. The lowest BCUT2D eigenvalue weighted by atomic mass is 10.2. The molecule has 0 fully saturated rings. The molecule has 0 saturated heterocycles. The number of hydrogen-bond acceptors (Lipinski definition) is 5. The van der Waals surface area contributed by atoms with Crippen LogP contribution < -0.4 is 15.4 Å². The Morgan fingerprint density at radius 3 is 2.45 bits per heavy atom. The van der Waals surface area contributed by atoms with E-state index in [1.54, 1.807) is 38.4 Å². The van der Waals surface area contributed by atoms with Gasteiger partial charge in [0.05, 0.1) is 11.5 Å². The van der Waals surface area contributed by atoms with Crippen LogP contribution in [0.15, 0.2) is 58.4 Å². The zero-order valence-electron chi connectivity index (χ0n) is 16.8. The van der Waals surface area contributed by atoms with E-state index in [4.69, 9.17) is 9.47 Å². The van der Waals surface area contributed by atoms with Gasteiger partial charge in [-0.25, -0.2) is 8.42 Å². The van der Waals surface area contributed by atoms with Gasteiger partial charge < -0.3 is 20.1 Å². The Labute approximate surface area is 189 Å². The Morgan fingerprint density at radius 2 is 1.83 bits per heavy atom. The summed E-state index contributed by atoms with van der Waals surface area (Å²) in [5.41, 5.74) is 1.80. The molecule has 2 aromatic carbocycles. The Hall–Kier alpha value is -1.85. The van der Waals surface area contributed by atoms with Gasteiger partial charge in [0.25, 0.3) is 0 Å². The van der Waals surface area contributed by atoms with Gasteiger partial charge in [0, 0.05) is 51.7 Å². The first-order valence-electron chi connectivity index (χ1n) is 8.91. The smallest absolute Gasteiger partial charge is 0.195 e. The molecule has 160 valence electrons. The van der Waals surface area contributed by atoms with Gasteiger partial charge in [0.15, 0.2) is 15.8 Å². The minimum Gasteiger partial charge on any atom is -0.493 e. The van der Waals surface area contributed by atoms with Crippen LogP contribution in [0.4, 0.5) is 5.69 Å². The van der Waals surface area contributed by atoms with Crippen molar-refractivity contribution in [3.63, 3.8) is 0 Å². The van der Waals surface area contributed by atoms with Crippen molar-refractivity contribution in [3.05, 3.63) is 54.1 Å². The Morgan fingerprint density at radius 1 is 1.10 bits per heavy atom. The third-order valence-electron chi connectivity index (χ3n) is 3.89. The molecule has 0 bridgehead atoms. The molecule has 7 nitrogen and oxygen atoms in total. The number of methoxy groups -OCH3 is 1. The summed E-state index contributed by atoms with van der Waals surface area (Å²) in [6.07, 6.45) is 2.02. The van der Waals surface area contributed by atoms with Crippen molar-refractivity contribution >= 4 is 45.5 Å². The molecular weight excluding hydrogens is 505 g/mol. The molecule has 0 saturated carbocycles. The fourth-order valence-electron chi connectivity index (χ4n) is 2.41. The second-order valence-corrected chi connectivity index (χ2v) is 8.21. The predicted molar refractivity (Wildman–Crippen MR) is 127 cm³/mol. The molecular formula is C20H28IN3O4S. The molecule has 2 N–H and O–H groups in total. The number of hydrogen-bond donors (Lipinski definition) is 2. The SMILES string of the molecule is CN=C(NCc1ccc(S(C)(=O)=O)cc1)Nc1cccc(OCCCOC)c1.I. The summed E-state index contributed by atoms with van der Waals surface area (Å²) in [6.45, 7) is 1.77. The molecule has 0 aliphatic heterocycles. The third kappa shape index (κ3) is 9.01. The topological polar surface area (TPSA) is 89.0 Å². The molecule has 0 amide bonds. The highest BCUT2D eigenvalue weighted by Gasteiger charge is 2.07. The molecule has 0 heterocycles. The quantitative estimate of drug-likeness (QED) is 0.223. The first-order valence-corrected chi connectivity index (χ1v) is 10.8. The minimum atomic E-state index is -3.19. The van der Waals surface area contributed by atoms with Crippen molar-refractivity contribution in [3.8, 4) is 5.75 Å². The van der Waals surface area contributed by atoms with E-state index in [2.05, 4.69) is 15.6 Å². The summed E-state index contributed by atoms with van der Waals surface area (Å²) in [7, 11) is 0.172. The van der Waals surface area contributed by atoms with Crippen LogP contribution in [0.2, 0.25) is 0 Å². The third-order valence-corrected chi connectivity index (χ3v) is 5.02. The van der Waals surface area contributed by atoms with E-state index < -0.39 is 9.84 Å². The van der Waals surface area contributed by atoms with Gasteiger partial charge in [-0.15, -0.1) is 24.0 Å². The summed E-state index contributed by atoms with van der Waals surface area (Å²) in [5.74, 6) is 1.37. The molecule has 0 radical (unpaired) electrons. The second-order valence-electron chi connectivity index (χ2n) is 6.19. The van der Waals surface area contributed by atoms with E-state index >= 15 is 0 Å². The number of guanidine groups is 1. The monoisotopic (exact) mass is 533 g/mol. The lowest BCUT2D eigenvalue weighted by Gasteiger charge is -2.13. The Balaban J connectivity index is 0.00000420. The van der Waals surface area contributed by atoms with Crippen LogP contribution in [-0.4, -0.2) is 48.0 Å². The van der Waals surface area contributed by atoms with Crippen molar-refractivity contribution in [2.45, 2.75) is 17.9 Å². The molecule has 0 atom stereocenters. The molecule has 0 aromatic heterocycles. The Kier molecular flexibility index (Phi) is 11.0. The van der Waals surface area contributed by atoms with Gasteiger partial charge in [-0.3, -0.25) is 4.99 Å². The molecule has 0 aliphatic carbocycles. The molecule has 0 aliphatic rings. The number of ether oxygens (including phenoxy) is 2. The Bertz CT molecular complexity index is 887. The average molecular weight is 533 g/mol. The molecule has 0 spiro atoms. The van der Waals surface area contributed by atoms with Crippen molar-refractivity contribution in [1.29, 1.82) is 0 Å². The van der Waals surface area contributed by atoms with Crippen LogP contribution in [0.25, 0.3) is 0 Å². The minimum absolute atomic E-state index is 0. The standard InChI is InChI=1S/C20H27N3O4S.HI/c1-21-20(22-15-16-8-10-19(11-9-16)28(3,24)25)23-17-6-4-7-18(14-17)27-13-5-12-26-2;/h4,6-11,14H,5,12-13,15H2,1-3H3,(H2,21,22,23);1H. The summed E-state index contributed by atoms with van der Waals surface area (Å²) in [4.78, 5) is 4.52. The maximum absolute atomic E-state index is 11.5. The van der Waals surface area contributed by atoms with E-state index in [0.717, 1.165) is 23.4 Å². The summed E-state index contributed by atoms with van der Waals surface area (Å²) in [5, 5.41) is 6.42. The van der Waals surface area contributed by atoms with E-state index in [1.807, 2.05) is 24.3 Å². The molecule has 2 aromatic rings. The van der Waals surface area contributed by atoms with Crippen molar-refractivity contribution in [2.24, 2.45) is 4.99 Å². The van der Waals surface area contributed by atoms with Crippen molar-refractivity contribution in [2.75, 3.05) is 38.9 Å². The molecule has 2 rings (SSSR count). The highest BCUT2D eigenvalue weighted by molar-refractivity contribution is 14.0. The second kappa shape index (κ2) is 12.7. The summed E-state index contributed by atoms with van der Waals surface area (Å²) in [6, 6.07) is 14.4. The van der Waals surface area contributed by atoms with Crippen molar-refractivity contribution in [1.82, 2.24) is 5.32 Å². The van der Waals surface area contributed by atoms with Crippen molar-refractivity contribution < 1.29 is 17.9 Å². The molecule has 9 heteroatoms. The number of anilines is 1. The van der Waals surface area contributed by atoms with Crippen LogP contribution in [0.5, 0.6) is 5.75 Å². The fourth-order valence-corrected chi connectivity index (χ4v) is 3.04. The van der Waals surface area contributed by atoms with Gasteiger partial charge in [0.1, 0.15) is 5.75 Å². The number of nitrogens with one attached hydrogen (secondary N) is 2. The number of nitrogens with zero attached hydrogens (tertiary/aromatic N) is 1. The van der Waals surface area contributed by atoms with Crippen LogP contribution >= 0.6 is 24.0 Å². The lowest BCUT2D eigenvalue weighted by molar-refractivity contribution is 0.172. The normalized spacial score (nSPS) is 11.5. The van der Waals surface area contributed by atoms with Crippen LogP contribution in [0, 0.1) is 0 Å². The summed E-state index contributed by atoms with van der Waals surface area (Å²) < 4.78 is 33.8. The van der Waals surface area contributed by atoms with Gasteiger partial charge in [-0.1, -0.05) is 18.2 Å². The van der Waals surface area contributed by atoms with E-state index in [0.29, 0.717) is 30.6 Å². The van der Waals surface area contributed by atoms with Gasteiger partial charge in [0.2, 0.25) is 0 Å². The number of sulfone groups is 1. The maximum Gasteiger partial charge on any atom is 0.195 e. The number of benzene rings is 2. The van der Waals surface area contributed by atoms with Gasteiger partial charge in [-0.2, -0.15) is 0 Å². The van der Waals surface area contributed by atoms with Crippen LogP contribution in [0.1, 0.15) is 12.0 Å². The van der Waals surface area contributed by atoms with Crippen LogP contribution in [-0.2, 0) is 21.1 Å². The average Bonchev–Trinajstić information content (AvgIpc) is 2.68. The highest BCUT2D eigenvalue weighted by atomic mass is 127. The number of halogens is 1. The molecule has 0 unspecified atom stereocenters. The highest BCUT2D eigenvalue weighted by Crippen LogP contribution is 2.17. The maximum atomic E-state index is 11.5. The molecule has 29 heavy (non-hydrogen) atoms. The summed E-state index contributed by atoms with van der Waals surface area (Å²) >= 11 is 0. The first-order chi connectivity index (χ1) is 13.4. The van der Waals surface area contributed by atoms with Gasteiger partial charge in [-0.05, 0) is 29.8 Å². The number of rotatable bonds is 9. The zero-order chi connectivity index (χ0) is 20.4. The lowest BCUT2D eigenvalue weighted by Crippen LogP contribution is -2.30. The zero-order valence-corrected chi connectivity index (χ0v) is 20.0. The van der Waals surface area contributed by atoms with E-state index in [9.17, 15) is 8.42 Å².